The minimum Gasteiger partial charge on any atom is -0.372 e. The molecule has 11 heteroatoms. The molecule has 0 aliphatic carbocycles. The molecule has 1 aliphatic rings. The van der Waals surface area contributed by atoms with Crippen molar-refractivity contribution in [1.29, 1.82) is 0 Å². The number of carbonyl (C=O) groups excluding carboxylic acids is 1. The molecule has 1 atom stereocenters. The van der Waals surface area contributed by atoms with Crippen molar-refractivity contribution >= 4 is 65.5 Å². The number of aliphatic hydroxyl groups is 1. The number of amides is 1. The van der Waals surface area contributed by atoms with Crippen LogP contribution in [0.4, 0.5) is 18.9 Å². The zero-order valence-corrected chi connectivity index (χ0v) is 22.2. The molecule has 1 heterocycles. The van der Waals surface area contributed by atoms with E-state index in [-0.39, 0.29) is 31.6 Å². The third-order valence-electron chi connectivity index (χ3n) is 5.13. The van der Waals surface area contributed by atoms with E-state index in [9.17, 15) is 23.1 Å². The summed E-state index contributed by atoms with van der Waals surface area (Å²) in [4.78, 5) is 14.5. The molecule has 1 unspecified atom stereocenters. The SMILES string of the molecule is C[Si](C)(C)CCOCN1C(=O)C(O)(c2ccc(Cl)cc2Cl)c2c1cc(I)cc2C(F)(F)F. The number of anilines is 1. The van der Waals surface area contributed by atoms with Crippen LogP contribution in [0.2, 0.25) is 35.7 Å². The topological polar surface area (TPSA) is 49.8 Å². The lowest BCUT2D eigenvalue weighted by molar-refractivity contribution is -0.142. The van der Waals surface area contributed by atoms with Crippen LogP contribution in [0.25, 0.3) is 0 Å². The van der Waals surface area contributed by atoms with Gasteiger partial charge in [-0.2, -0.15) is 13.2 Å². The van der Waals surface area contributed by atoms with Gasteiger partial charge in [-0.15, -0.1) is 0 Å². The van der Waals surface area contributed by atoms with E-state index in [4.69, 9.17) is 27.9 Å². The summed E-state index contributed by atoms with van der Waals surface area (Å²) in [5.41, 5.74) is -4.55. The lowest BCUT2D eigenvalue weighted by atomic mass is 9.84. The fourth-order valence-electron chi connectivity index (χ4n) is 3.52. The first-order valence-corrected chi connectivity index (χ1v) is 15.2. The minimum atomic E-state index is -4.81. The molecule has 174 valence electrons. The van der Waals surface area contributed by atoms with Crippen molar-refractivity contribution in [2.24, 2.45) is 0 Å². The van der Waals surface area contributed by atoms with E-state index in [1.807, 2.05) is 0 Å². The molecule has 0 saturated carbocycles. The van der Waals surface area contributed by atoms with Gasteiger partial charge >= 0.3 is 6.18 Å². The normalized spacial score (nSPS) is 18.9. The molecular formula is C21H21Cl2F3INO3Si. The molecule has 2 aromatic rings. The highest BCUT2D eigenvalue weighted by molar-refractivity contribution is 14.1. The van der Waals surface area contributed by atoms with Crippen LogP contribution in [0.3, 0.4) is 0 Å². The van der Waals surface area contributed by atoms with Crippen LogP contribution >= 0.6 is 45.8 Å². The quantitative estimate of drug-likeness (QED) is 0.228. The van der Waals surface area contributed by atoms with Gasteiger partial charge in [0.15, 0.2) is 5.60 Å². The van der Waals surface area contributed by atoms with Gasteiger partial charge in [-0.3, -0.25) is 9.69 Å². The van der Waals surface area contributed by atoms with Crippen LogP contribution in [-0.2, 0) is 21.3 Å². The Labute approximate surface area is 208 Å². The van der Waals surface area contributed by atoms with Crippen LogP contribution in [0.5, 0.6) is 0 Å². The number of hydrogen-bond acceptors (Lipinski definition) is 3. The second-order valence-corrected chi connectivity index (χ2v) is 16.5. The molecule has 0 bridgehead atoms. The first-order chi connectivity index (χ1) is 14.7. The predicted molar refractivity (Wildman–Crippen MR) is 130 cm³/mol. The molecule has 0 spiro atoms. The van der Waals surface area contributed by atoms with Gasteiger partial charge in [-0.05, 0) is 52.9 Å². The Morgan fingerprint density at radius 3 is 2.41 bits per heavy atom. The van der Waals surface area contributed by atoms with Gasteiger partial charge in [0.05, 0.1) is 11.3 Å². The number of carbonyl (C=O) groups is 1. The van der Waals surface area contributed by atoms with Crippen LogP contribution < -0.4 is 4.90 Å². The van der Waals surface area contributed by atoms with E-state index in [0.29, 0.717) is 6.61 Å². The van der Waals surface area contributed by atoms with E-state index < -0.39 is 36.9 Å². The van der Waals surface area contributed by atoms with Gasteiger partial charge in [-0.25, -0.2) is 0 Å². The largest absolute Gasteiger partial charge is 0.416 e. The first-order valence-electron chi connectivity index (χ1n) is 9.65. The van der Waals surface area contributed by atoms with Crippen molar-refractivity contribution in [1.82, 2.24) is 0 Å². The summed E-state index contributed by atoms with van der Waals surface area (Å²) in [5, 5.41) is 11.7. The minimum absolute atomic E-state index is 0.0595. The van der Waals surface area contributed by atoms with Crippen molar-refractivity contribution in [2.45, 2.75) is 37.5 Å². The highest BCUT2D eigenvalue weighted by Crippen LogP contribution is 2.52. The summed E-state index contributed by atoms with van der Waals surface area (Å²) < 4.78 is 48.0. The third-order valence-corrected chi connectivity index (χ3v) is 8.01. The second-order valence-electron chi connectivity index (χ2n) is 8.76. The van der Waals surface area contributed by atoms with Crippen LogP contribution in [0.1, 0.15) is 16.7 Å². The molecule has 0 saturated heterocycles. The monoisotopic (exact) mass is 617 g/mol. The smallest absolute Gasteiger partial charge is 0.372 e. The van der Waals surface area contributed by atoms with E-state index >= 15 is 0 Å². The average molecular weight is 618 g/mol. The van der Waals surface area contributed by atoms with E-state index in [2.05, 4.69) is 19.6 Å². The molecule has 3 rings (SSSR count). The number of ether oxygens (including phenoxy) is 1. The number of alkyl halides is 3. The van der Waals surface area contributed by atoms with E-state index in [1.54, 1.807) is 22.6 Å². The van der Waals surface area contributed by atoms with Crippen molar-refractivity contribution in [3.8, 4) is 0 Å². The fourth-order valence-corrected chi connectivity index (χ4v) is 5.42. The maximum Gasteiger partial charge on any atom is 0.416 e. The molecule has 0 aromatic heterocycles. The molecule has 1 N–H and O–H groups in total. The van der Waals surface area contributed by atoms with E-state index in [0.717, 1.165) is 17.0 Å². The van der Waals surface area contributed by atoms with Crippen molar-refractivity contribution in [3.63, 3.8) is 0 Å². The maximum atomic E-state index is 14.0. The molecular weight excluding hydrogens is 597 g/mol. The second kappa shape index (κ2) is 9.07. The number of halogens is 6. The molecule has 0 fully saturated rings. The van der Waals surface area contributed by atoms with Gasteiger partial charge in [0.2, 0.25) is 0 Å². The predicted octanol–water partition coefficient (Wildman–Crippen LogP) is 6.51. The van der Waals surface area contributed by atoms with Gasteiger partial charge in [0, 0.05) is 39.4 Å². The molecule has 0 radical (unpaired) electrons. The van der Waals surface area contributed by atoms with Crippen molar-refractivity contribution in [2.75, 3.05) is 18.2 Å². The Bertz CT molecular complexity index is 1060. The van der Waals surface area contributed by atoms with Gasteiger partial charge in [0.25, 0.3) is 5.91 Å². The van der Waals surface area contributed by atoms with Crippen molar-refractivity contribution in [3.05, 3.63) is 60.6 Å². The average Bonchev–Trinajstić information content (AvgIpc) is 2.84. The van der Waals surface area contributed by atoms with E-state index in [1.165, 1.54) is 24.3 Å². The lowest BCUT2D eigenvalue weighted by Crippen LogP contribution is -2.43. The van der Waals surface area contributed by atoms with Gasteiger partial charge in [-0.1, -0.05) is 48.9 Å². The fraction of sp³-hybridized carbons (Fsp3) is 0.381. The standard InChI is InChI=1S/C21H21Cl2F3INO3Si/c1-32(2,3)7-6-31-11-28-17-10-13(27)9-15(21(24,25)26)18(17)20(30,19(28)29)14-5-4-12(22)8-16(14)23/h4-5,8-10,30H,6-7,11H2,1-3H3. The zero-order chi connectivity index (χ0) is 24.1. The Kier molecular flexibility index (Phi) is 7.30. The molecule has 32 heavy (non-hydrogen) atoms. The third kappa shape index (κ3) is 4.97. The summed E-state index contributed by atoms with van der Waals surface area (Å²) >= 11 is 13.9. The van der Waals surface area contributed by atoms with Crippen molar-refractivity contribution < 1.29 is 27.8 Å². The maximum absolute atomic E-state index is 14.0. The van der Waals surface area contributed by atoms with Crippen LogP contribution in [0, 0.1) is 3.57 Å². The summed E-state index contributed by atoms with van der Waals surface area (Å²) in [7, 11) is -1.42. The molecule has 1 aliphatic heterocycles. The van der Waals surface area contributed by atoms with Gasteiger partial charge < -0.3 is 9.84 Å². The van der Waals surface area contributed by atoms with Gasteiger partial charge in [0.1, 0.15) is 6.73 Å². The Hall–Kier alpha value is -0.853. The number of rotatable bonds is 6. The summed E-state index contributed by atoms with van der Waals surface area (Å²) in [6.07, 6.45) is -4.81. The highest BCUT2D eigenvalue weighted by Gasteiger charge is 2.56. The number of nitrogens with zero attached hydrogens (tertiary/aromatic N) is 1. The Morgan fingerprint density at radius 2 is 1.84 bits per heavy atom. The highest BCUT2D eigenvalue weighted by atomic mass is 127. The van der Waals surface area contributed by atoms with Crippen LogP contribution in [0.15, 0.2) is 30.3 Å². The number of benzene rings is 2. The summed E-state index contributed by atoms with van der Waals surface area (Å²) in [5.74, 6) is -0.961. The Morgan fingerprint density at radius 1 is 1.19 bits per heavy atom. The molecule has 2 aromatic carbocycles. The number of fused-ring (bicyclic) bond motifs is 1. The van der Waals surface area contributed by atoms with Crippen LogP contribution in [-0.4, -0.2) is 32.4 Å². The first kappa shape index (κ1) is 25.8. The molecule has 1 amide bonds. The lowest BCUT2D eigenvalue weighted by Gasteiger charge is -2.26. The summed E-state index contributed by atoms with van der Waals surface area (Å²) in [6, 6.07) is 7.04. The zero-order valence-electron chi connectivity index (χ0n) is 17.5. The molecule has 4 nitrogen and oxygen atoms in total. The number of hydrogen-bond donors (Lipinski definition) is 1. The Balaban J connectivity index is 2.16. The summed E-state index contributed by atoms with van der Waals surface area (Å²) in [6.45, 7) is 6.54.